The number of unbranched alkanes of at least 4 members (excludes halogenated alkanes) is 2. The van der Waals surface area contributed by atoms with E-state index in [9.17, 15) is 9.59 Å². The van der Waals surface area contributed by atoms with E-state index in [1.165, 1.54) is 11.3 Å². The predicted molar refractivity (Wildman–Crippen MR) is 114 cm³/mol. The standard InChI is InChI=1S/C22H28N2O4S/c1-4-6-9-13-24(22-23-15(3)19(29-22)21(26)27-5-2)20(25)17-12-14-28-18-11-8-7-10-16(17)18/h7-8,10-11,17H,4-6,9,12-14H2,1-3H3. The molecule has 0 radical (unpaired) electrons. The molecule has 0 aliphatic carbocycles. The molecule has 1 amide bonds. The molecule has 0 saturated carbocycles. The molecule has 1 aromatic carbocycles. The zero-order chi connectivity index (χ0) is 20.8. The molecule has 0 spiro atoms. The molecule has 7 heteroatoms. The maximum atomic E-state index is 13.6. The first-order valence-electron chi connectivity index (χ1n) is 10.2. The molecule has 1 aliphatic rings. The van der Waals surface area contributed by atoms with Crippen LogP contribution in [0.2, 0.25) is 0 Å². The Bertz CT molecular complexity index is 864. The lowest BCUT2D eigenvalue weighted by Gasteiger charge is -2.29. The minimum absolute atomic E-state index is 0.0148. The Morgan fingerprint density at radius 3 is 2.83 bits per heavy atom. The molecule has 0 saturated heterocycles. The lowest BCUT2D eigenvalue weighted by molar-refractivity contribution is -0.120. The van der Waals surface area contributed by atoms with Gasteiger partial charge in [-0.1, -0.05) is 49.3 Å². The highest BCUT2D eigenvalue weighted by molar-refractivity contribution is 7.17. The molecule has 2 aromatic rings. The molecule has 6 nitrogen and oxygen atoms in total. The SMILES string of the molecule is CCCCCN(C(=O)C1CCOc2ccccc21)c1nc(C)c(C(=O)OCC)s1. The topological polar surface area (TPSA) is 68.7 Å². The lowest BCUT2D eigenvalue weighted by Crippen LogP contribution is -2.37. The number of amides is 1. The van der Waals surface area contributed by atoms with Gasteiger partial charge in [0.25, 0.3) is 0 Å². The number of fused-ring (bicyclic) bond motifs is 1. The van der Waals surface area contributed by atoms with Crippen molar-refractivity contribution in [1.82, 2.24) is 4.98 Å². The minimum atomic E-state index is -0.383. The Hall–Kier alpha value is -2.41. The van der Waals surface area contributed by atoms with Gasteiger partial charge in [0.1, 0.15) is 10.6 Å². The van der Waals surface area contributed by atoms with Gasteiger partial charge in [-0.25, -0.2) is 9.78 Å². The van der Waals surface area contributed by atoms with Crippen LogP contribution in [0.1, 0.15) is 66.4 Å². The van der Waals surface area contributed by atoms with Gasteiger partial charge in [-0.3, -0.25) is 9.69 Å². The summed E-state index contributed by atoms with van der Waals surface area (Å²) in [5, 5.41) is 0.565. The predicted octanol–water partition coefficient (Wildman–Crippen LogP) is 4.72. The van der Waals surface area contributed by atoms with Crippen molar-refractivity contribution in [3.8, 4) is 5.75 Å². The van der Waals surface area contributed by atoms with Crippen LogP contribution in [0.25, 0.3) is 0 Å². The molecule has 1 atom stereocenters. The van der Waals surface area contributed by atoms with E-state index in [1.807, 2.05) is 24.3 Å². The Labute approximate surface area is 175 Å². The van der Waals surface area contributed by atoms with Crippen LogP contribution in [0.5, 0.6) is 5.75 Å². The van der Waals surface area contributed by atoms with Gasteiger partial charge in [-0.15, -0.1) is 0 Å². The number of ether oxygens (including phenoxy) is 2. The second-order valence-electron chi connectivity index (χ2n) is 7.06. The van der Waals surface area contributed by atoms with Crippen LogP contribution in [-0.2, 0) is 9.53 Å². The van der Waals surface area contributed by atoms with Gasteiger partial charge in [-0.05, 0) is 32.8 Å². The number of benzene rings is 1. The van der Waals surface area contributed by atoms with E-state index in [-0.39, 0.29) is 17.8 Å². The van der Waals surface area contributed by atoms with Crippen LogP contribution in [0, 0.1) is 6.92 Å². The van der Waals surface area contributed by atoms with E-state index in [1.54, 1.807) is 18.7 Å². The molecular formula is C22H28N2O4S. The van der Waals surface area contributed by atoms with Crippen molar-refractivity contribution in [3.63, 3.8) is 0 Å². The summed E-state index contributed by atoms with van der Waals surface area (Å²) in [7, 11) is 0. The maximum Gasteiger partial charge on any atom is 0.350 e. The average molecular weight is 417 g/mol. The van der Waals surface area contributed by atoms with Crippen LogP contribution in [0.15, 0.2) is 24.3 Å². The Morgan fingerprint density at radius 2 is 2.07 bits per heavy atom. The fraction of sp³-hybridized carbons (Fsp3) is 0.500. The fourth-order valence-electron chi connectivity index (χ4n) is 3.49. The lowest BCUT2D eigenvalue weighted by atomic mass is 9.92. The van der Waals surface area contributed by atoms with Crippen LogP contribution in [0.3, 0.4) is 0 Å². The normalized spacial score (nSPS) is 15.3. The van der Waals surface area contributed by atoms with E-state index in [4.69, 9.17) is 9.47 Å². The first-order valence-corrected chi connectivity index (χ1v) is 11.1. The number of rotatable bonds is 8. The molecule has 29 heavy (non-hydrogen) atoms. The number of hydrogen-bond donors (Lipinski definition) is 0. The number of carbonyl (C=O) groups excluding carboxylic acids is 2. The van der Waals surface area contributed by atoms with E-state index in [0.717, 1.165) is 30.6 Å². The van der Waals surface area contributed by atoms with Gasteiger partial charge < -0.3 is 9.47 Å². The van der Waals surface area contributed by atoms with E-state index in [0.29, 0.717) is 41.9 Å². The highest BCUT2D eigenvalue weighted by atomic mass is 32.1. The largest absolute Gasteiger partial charge is 0.493 e. The Balaban J connectivity index is 1.91. The first kappa shape index (κ1) is 21.3. The third kappa shape index (κ3) is 4.78. The van der Waals surface area contributed by atoms with Crippen molar-refractivity contribution in [3.05, 3.63) is 40.4 Å². The number of para-hydroxylation sites is 1. The van der Waals surface area contributed by atoms with Crippen molar-refractivity contribution in [1.29, 1.82) is 0 Å². The van der Waals surface area contributed by atoms with Crippen molar-refractivity contribution >= 4 is 28.3 Å². The third-order valence-electron chi connectivity index (χ3n) is 4.98. The van der Waals surface area contributed by atoms with Crippen molar-refractivity contribution < 1.29 is 19.1 Å². The summed E-state index contributed by atoms with van der Waals surface area (Å²) in [6.07, 6.45) is 3.62. The monoisotopic (exact) mass is 416 g/mol. The van der Waals surface area contributed by atoms with Gasteiger partial charge in [-0.2, -0.15) is 0 Å². The summed E-state index contributed by atoms with van der Waals surface area (Å²) >= 11 is 1.24. The summed E-state index contributed by atoms with van der Waals surface area (Å²) < 4.78 is 10.9. The summed E-state index contributed by atoms with van der Waals surface area (Å²) in [5.41, 5.74) is 1.52. The molecule has 156 valence electrons. The molecular weight excluding hydrogens is 388 g/mol. The third-order valence-corrected chi connectivity index (χ3v) is 6.15. The van der Waals surface area contributed by atoms with E-state index >= 15 is 0 Å². The van der Waals surface area contributed by atoms with Crippen LogP contribution in [-0.4, -0.2) is 36.6 Å². The zero-order valence-corrected chi connectivity index (χ0v) is 18.1. The first-order chi connectivity index (χ1) is 14.1. The van der Waals surface area contributed by atoms with Gasteiger partial charge in [0.2, 0.25) is 5.91 Å². The molecule has 0 bridgehead atoms. The molecule has 1 aliphatic heterocycles. The molecule has 2 heterocycles. The fourth-order valence-corrected chi connectivity index (χ4v) is 4.48. The number of anilines is 1. The number of thiazole rings is 1. The molecule has 1 unspecified atom stereocenters. The van der Waals surface area contributed by atoms with Crippen molar-refractivity contribution in [2.45, 2.75) is 52.4 Å². The summed E-state index contributed by atoms with van der Waals surface area (Å²) in [4.78, 5) is 32.6. The van der Waals surface area contributed by atoms with Crippen LogP contribution < -0.4 is 9.64 Å². The minimum Gasteiger partial charge on any atom is -0.493 e. The number of nitrogens with zero attached hydrogens (tertiary/aromatic N) is 2. The van der Waals surface area contributed by atoms with Gasteiger partial charge >= 0.3 is 5.97 Å². The number of aromatic nitrogens is 1. The van der Waals surface area contributed by atoms with Gasteiger partial charge in [0.05, 0.1) is 24.8 Å². The number of carbonyl (C=O) groups is 2. The van der Waals surface area contributed by atoms with E-state index in [2.05, 4.69) is 11.9 Å². The summed E-state index contributed by atoms with van der Waals surface area (Å²) in [5.74, 6) is 0.136. The number of esters is 1. The molecule has 0 fully saturated rings. The van der Waals surface area contributed by atoms with Crippen molar-refractivity contribution in [2.24, 2.45) is 0 Å². The quantitative estimate of drug-likeness (QED) is 0.460. The highest BCUT2D eigenvalue weighted by Gasteiger charge is 2.33. The Kier molecular flexibility index (Phi) is 7.25. The molecule has 0 N–H and O–H groups in total. The second kappa shape index (κ2) is 9.87. The summed E-state index contributed by atoms with van der Waals surface area (Å²) in [6, 6.07) is 7.71. The Morgan fingerprint density at radius 1 is 1.28 bits per heavy atom. The van der Waals surface area contributed by atoms with Gasteiger partial charge in [0.15, 0.2) is 5.13 Å². The maximum absolute atomic E-state index is 13.6. The number of aryl methyl sites for hydroxylation is 1. The molecule has 1 aromatic heterocycles. The number of hydrogen-bond acceptors (Lipinski definition) is 6. The van der Waals surface area contributed by atoms with Gasteiger partial charge in [0, 0.05) is 12.1 Å². The smallest absolute Gasteiger partial charge is 0.350 e. The van der Waals surface area contributed by atoms with Crippen LogP contribution >= 0.6 is 11.3 Å². The van der Waals surface area contributed by atoms with Crippen LogP contribution in [0.4, 0.5) is 5.13 Å². The second-order valence-corrected chi connectivity index (χ2v) is 8.03. The average Bonchev–Trinajstić information content (AvgIpc) is 3.12. The zero-order valence-electron chi connectivity index (χ0n) is 17.3. The highest BCUT2D eigenvalue weighted by Crippen LogP contribution is 2.37. The van der Waals surface area contributed by atoms with E-state index < -0.39 is 0 Å². The van der Waals surface area contributed by atoms with Crippen molar-refractivity contribution in [2.75, 3.05) is 24.7 Å². The molecule has 3 rings (SSSR count). The summed E-state index contributed by atoms with van der Waals surface area (Å²) in [6.45, 7) is 7.10.